The van der Waals surface area contributed by atoms with Crippen molar-refractivity contribution >= 4 is 23.2 Å². The zero-order valence-electron chi connectivity index (χ0n) is 19.3. The minimum atomic E-state index is -0.267. The third-order valence-electron chi connectivity index (χ3n) is 7.14. The van der Waals surface area contributed by atoms with E-state index >= 15 is 0 Å². The number of rotatable bonds is 6. The van der Waals surface area contributed by atoms with Gasteiger partial charge in [0.05, 0.1) is 23.6 Å². The number of amides is 2. The van der Waals surface area contributed by atoms with E-state index in [2.05, 4.69) is 28.5 Å². The van der Waals surface area contributed by atoms with Gasteiger partial charge in [-0.1, -0.05) is 43.3 Å². The van der Waals surface area contributed by atoms with E-state index in [4.69, 9.17) is 4.74 Å². The van der Waals surface area contributed by atoms with Gasteiger partial charge in [0.25, 0.3) is 5.91 Å². The third kappa shape index (κ3) is 4.14. The Bertz CT molecular complexity index is 1140. The second kappa shape index (κ2) is 9.68. The minimum Gasteiger partial charge on any atom is -0.370 e. The van der Waals surface area contributed by atoms with Crippen molar-refractivity contribution in [3.05, 3.63) is 87.9 Å². The number of likely N-dealkylation sites (tertiary alicyclic amines) is 1. The summed E-state index contributed by atoms with van der Waals surface area (Å²) >= 11 is 1.48. The fourth-order valence-corrected chi connectivity index (χ4v) is 6.12. The van der Waals surface area contributed by atoms with Crippen LogP contribution in [0.15, 0.2) is 66.3 Å². The summed E-state index contributed by atoms with van der Waals surface area (Å²) in [4.78, 5) is 32.5. The zero-order valence-corrected chi connectivity index (χ0v) is 20.1. The smallest absolute Gasteiger partial charge is 0.263 e. The molecular formula is C27H29N3O3S. The van der Waals surface area contributed by atoms with Gasteiger partial charge >= 0.3 is 0 Å². The molecule has 0 radical (unpaired) electrons. The first-order chi connectivity index (χ1) is 16.6. The number of piperidine rings is 1. The van der Waals surface area contributed by atoms with Gasteiger partial charge in [-0.05, 0) is 47.0 Å². The number of carbonyl (C=O) groups excluding carboxylic acids is 2. The fraction of sp³-hybridized carbons (Fsp3) is 0.370. The van der Waals surface area contributed by atoms with Gasteiger partial charge in [0.15, 0.2) is 0 Å². The van der Waals surface area contributed by atoms with E-state index in [1.165, 1.54) is 16.9 Å². The lowest BCUT2D eigenvalue weighted by Crippen LogP contribution is -2.51. The summed E-state index contributed by atoms with van der Waals surface area (Å²) in [6.07, 6.45) is 5.34. The largest absolute Gasteiger partial charge is 0.370 e. The number of ether oxygens (including phenoxy) is 1. The van der Waals surface area contributed by atoms with Gasteiger partial charge in [-0.15, -0.1) is 11.3 Å². The molecule has 2 atom stereocenters. The third-order valence-corrected chi connectivity index (χ3v) is 8.00. The highest BCUT2D eigenvalue weighted by Gasteiger charge is 2.54. The molecule has 2 aromatic heterocycles. The molecule has 1 fully saturated rings. The van der Waals surface area contributed by atoms with E-state index in [1.54, 1.807) is 6.20 Å². The van der Waals surface area contributed by atoms with E-state index in [-0.39, 0.29) is 29.4 Å². The van der Waals surface area contributed by atoms with Gasteiger partial charge in [-0.25, -0.2) is 0 Å². The molecular weight excluding hydrogens is 446 g/mol. The molecule has 176 valence electrons. The van der Waals surface area contributed by atoms with Crippen molar-refractivity contribution in [1.29, 1.82) is 0 Å². The fourth-order valence-electron chi connectivity index (χ4n) is 5.43. The predicted molar refractivity (Wildman–Crippen MR) is 132 cm³/mol. The van der Waals surface area contributed by atoms with Crippen LogP contribution in [0.5, 0.6) is 0 Å². The summed E-state index contributed by atoms with van der Waals surface area (Å²) in [5, 5.41) is 5.18. The lowest BCUT2D eigenvalue weighted by Gasteiger charge is -2.44. The molecule has 2 aliphatic rings. The molecule has 7 heteroatoms. The van der Waals surface area contributed by atoms with Crippen molar-refractivity contribution in [3.63, 3.8) is 0 Å². The molecule has 6 nitrogen and oxygen atoms in total. The van der Waals surface area contributed by atoms with Crippen LogP contribution in [0.25, 0.3) is 0 Å². The van der Waals surface area contributed by atoms with Crippen LogP contribution in [0.4, 0.5) is 0 Å². The van der Waals surface area contributed by atoms with Crippen LogP contribution < -0.4 is 5.32 Å². The van der Waals surface area contributed by atoms with Crippen LogP contribution in [-0.2, 0) is 21.6 Å². The molecule has 1 saturated heterocycles. The molecule has 2 amide bonds. The Labute approximate surface area is 204 Å². The van der Waals surface area contributed by atoms with Gasteiger partial charge in [0.1, 0.15) is 0 Å². The average Bonchev–Trinajstić information content (AvgIpc) is 3.50. The monoisotopic (exact) mass is 475 g/mol. The van der Waals surface area contributed by atoms with Crippen molar-refractivity contribution in [2.45, 2.75) is 50.4 Å². The Balaban J connectivity index is 1.45. The highest BCUT2D eigenvalue weighted by molar-refractivity contribution is 7.12. The number of hydrogen-bond donors (Lipinski definition) is 1. The maximum Gasteiger partial charge on any atom is 0.263 e. The summed E-state index contributed by atoms with van der Waals surface area (Å²) in [6.45, 7) is 3.61. The van der Waals surface area contributed by atoms with Gasteiger partial charge < -0.3 is 15.0 Å². The molecule has 1 N–H and O–H groups in total. The number of nitrogens with one attached hydrogen (secondary N) is 1. The summed E-state index contributed by atoms with van der Waals surface area (Å²) in [7, 11) is 0. The van der Waals surface area contributed by atoms with Gasteiger partial charge in [0, 0.05) is 37.3 Å². The number of carbonyl (C=O) groups is 2. The van der Waals surface area contributed by atoms with Crippen molar-refractivity contribution in [2.24, 2.45) is 0 Å². The minimum absolute atomic E-state index is 0.0112. The second-order valence-electron chi connectivity index (χ2n) is 9.00. The van der Waals surface area contributed by atoms with Crippen LogP contribution >= 0.6 is 11.3 Å². The number of hydrogen-bond acceptors (Lipinski definition) is 5. The van der Waals surface area contributed by atoms with Gasteiger partial charge in [0.2, 0.25) is 5.91 Å². The van der Waals surface area contributed by atoms with E-state index in [9.17, 15) is 9.59 Å². The highest BCUT2D eigenvalue weighted by Crippen LogP contribution is 2.52. The molecule has 3 heterocycles. The van der Waals surface area contributed by atoms with Crippen LogP contribution in [0.2, 0.25) is 0 Å². The second-order valence-corrected chi connectivity index (χ2v) is 9.95. The Morgan fingerprint density at radius 2 is 1.97 bits per heavy atom. The molecule has 34 heavy (non-hydrogen) atoms. The molecule has 1 aliphatic carbocycles. The number of fused-ring (bicyclic) bond motifs is 2. The number of thiophene rings is 1. The molecule has 1 aliphatic heterocycles. The Kier molecular flexibility index (Phi) is 6.48. The van der Waals surface area contributed by atoms with Crippen LogP contribution in [0, 0.1) is 0 Å². The predicted octanol–water partition coefficient (Wildman–Crippen LogP) is 4.48. The Hall–Kier alpha value is -3.03. The zero-order chi connectivity index (χ0) is 23.5. The van der Waals surface area contributed by atoms with Crippen LogP contribution in [0.1, 0.15) is 58.6 Å². The van der Waals surface area contributed by atoms with Gasteiger partial charge in [-0.2, -0.15) is 0 Å². The van der Waals surface area contributed by atoms with E-state index < -0.39 is 0 Å². The number of nitrogens with zero attached hydrogens (tertiary/aromatic N) is 2. The van der Waals surface area contributed by atoms with E-state index in [0.29, 0.717) is 26.1 Å². The standard InChI is InChI=1S/C27H29N3O3S/c1-2-23(31)29-24-20-8-3-4-9-21(20)27(25(24)33-18-19-7-5-13-28-17-19)11-14-30(15-12-27)26(32)22-10-6-16-34-22/h3-10,13,16-17,24-25H,2,11-12,14-15,18H2,1H3,(H,29,31)/t24-,25+/m1/s1. The summed E-state index contributed by atoms with van der Waals surface area (Å²) in [5.41, 5.74) is 3.09. The topological polar surface area (TPSA) is 71.5 Å². The summed E-state index contributed by atoms with van der Waals surface area (Å²) < 4.78 is 6.63. The van der Waals surface area contributed by atoms with E-state index in [0.717, 1.165) is 28.8 Å². The number of benzene rings is 1. The Morgan fingerprint density at radius 1 is 1.15 bits per heavy atom. The lowest BCUT2D eigenvalue weighted by atomic mass is 9.71. The Morgan fingerprint density at radius 3 is 2.68 bits per heavy atom. The van der Waals surface area contributed by atoms with Gasteiger partial charge in [-0.3, -0.25) is 14.6 Å². The van der Waals surface area contributed by atoms with Crippen LogP contribution in [0.3, 0.4) is 0 Å². The highest BCUT2D eigenvalue weighted by atomic mass is 32.1. The average molecular weight is 476 g/mol. The normalized spacial score (nSPS) is 20.8. The quantitative estimate of drug-likeness (QED) is 0.571. The summed E-state index contributed by atoms with van der Waals surface area (Å²) in [5.74, 6) is 0.108. The maximum absolute atomic E-state index is 13.0. The first-order valence-electron chi connectivity index (χ1n) is 11.8. The molecule has 5 rings (SSSR count). The SMILES string of the molecule is CCC(=O)N[C@@H]1c2ccccc2C2(CCN(C(=O)c3cccs3)CC2)[C@H]1OCc1cccnc1. The van der Waals surface area contributed by atoms with E-state index in [1.807, 2.05) is 53.7 Å². The van der Waals surface area contributed by atoms with Crippen molar-refractivity contribution in [1.82, 2.24) is 15.2 Å². The number of pyridine rings is 1. The number of aromatic nitrogens is 1. The molecule has 0 unspecified atom stereocenters. The lowest BCUT2D eigenvalue weighted by molar-refractivity contribution is -0.123. The molecule has 0 saturated carbocycles. The maximum atomic E-state index is 13.0. The first-order valence-corrected chi connectivity index (χ1v) is 12.7. The van der Waals surface area contributed by atoms with Crippen molar-refractivity contribution in [2.75, 3.05) is 13.1 Å². The molecule has 1 spiro atoms. The first kappa shape index (κ1) is 22.7. The van der Waals surface area contributed by atoms with Crippen LogP contribution in [-0.4, -0.2) is 40.9 Å². The molecule has 0 bridgehead atoms. The van der Waals surface area contributed by atoms with Crippen molar-refractivity contribution in [3.8, 4) is 0 Å². The molecule has 1 aromatic carbocycles. The van der Waals surface area contributed by atoms with Crippen molar-refractivity contribution < 1.29 is 14.3 Å². The molecule has 3 aromatic rings. The summed E-state index contributed by atoms with van der Waals surface area (Å²) in [6, 6.07) is 15.9.